The Morgan fingerprint density at radius 1 is 1.10 bits per heavy atom. The molecule has 2 aliphatic rings. The number of rotatable bonds is 4. The highest BCUT2D eigenvalue weighted by Gasteiger charge is 2.37. The van der Waals surface area contributed by atoms with Gasteiger partial charge >= 0.3 is 0 Å². The molecule has 3 heterocycles. The number of ether oxygens (including phenoxy) is 1. The number of nitrogens with zero attached hydrogens (tertiary/aromatic N) is 2. The Morgan fingerprint density at radius 3 is 2.62 bits per heavy atom. The van der Waals surface area contributed by atoms with E-state index < -0.39 is 10.0 Å². The van der Waals surface area contributed by atoms with E-state index in [4.69, 9.17) is 4.74 Å². The summed E-state index contributed by atoms with van der Waals surface area (Å²) in [6, 6.07) is 13.4. The van der Waals surface area contributed by atoms with E-state index >= 15 is 0 Å². The van der Waals surface area contributed by atoms with Crippen LogP contribution >= 0.6 is 11.3 Å². The van der Waals surface area contributed by atoms with E-state index in [0.29, 0.717) is 36.9 Å². The average molecular weight is 435 g/mol. The second kappa shape index (κ2) is 8.55. The van der Waals surface area contributed by atoms with E-state index in [1.54, 1.807) is 6.07 Å². The molecule has 0 unspecified atom stereocenters. The molecule has 6 nitrogen and oxygen atoms in total. The number of aryl methyl sites for hydroxylation is 1. The van der Waals surface area contributed by atoms with Crippen LogP contribution < -0.4 is 0 Å². The average Bonchev–Trinajstić information content (AvgIpc) is 3.21. The van der Waals surface area contributed by atoms with Gasteiger partial charge in [0.25, 0.3) is 10.0 Å². The fourth-order valence-electron chi connectivity index (χ4n) is 4.02. The zero-order valence-electron chi connectivity index (χ0n) is 16.5. The standard InChI is InChI=1S/C21H26N2O4S2/c1-16-9-10-20(28-16)29(25,26)23-11-5-8-18(14-23)21(24)22-12-13-27-19(15-22)17-6-3-2-4-7-17/h2-4,6-7,9-10,18-19H,5,8,11-15H2,1H3/t18-,19+/m0/s1. The fraction of sp³-hybridized carbons (Fsp3) is 0.476. The summed E-state index contributed by atoms with van der Waals surface area (Å²) in [4.78, 5) is 16.0. The van der Waals surface area contributed by atoms with Crippen molar-refractivity contribution in [2.45, 2.75) is 30.1 Å². The molecule has 2 atom stereocenters. The third-order valence-corrected chi connectivity index (χ3v) is 8.93. The summed E-state index contributed by atoms with van der Waals surface area (Å²) in [5.74, 6) is -0.259. The van der Waals surface area contributed by atoms with Crippen molar-refractivity contribution in [3.05, 3.63) is 52.9 Å². The molecule has 8 heteroatoms. The van der Waals surface area contributed by atoms with Gasteiger partial charge < -0.3 is 9.64 Å². The number of amides is 1. The Morgan fingerprint density at radius 2 is 1.90 bits per heavy atom. The number of piperidine rings is 1. The summed E-state index contributed by atoms with van der Waals surface area (Å²) < 4.78 is 33.7. The smallest absolute Gasteiger partial charge is 0.252 e. The van der Waals surface area contributed by atoms with Crippen molar-refractivity contribution in [1.82, 2.24) is 9.21 Å². The summed E-state index contributed by atoms with van der Waals surface area (Å²) in [6.45, 7) is 4.18. The molecule has 4 rings (SSSR count). The first kappa shape index (κ1) is 20.5. The van der Waals surface area contributed by atoms with Gasteiger partial charge in [0, 0.05) is 24.5 Å². The number of sulfonamides is 1. The van der Waals surface area contributed by atoms with Crippen molar-refractivity contribution in [2.24, 2.45) is 5.92 Å². The van der Waals surface area contributed by atoms with Gasteiger partial charge in [-0.3, -0.25) is 4.79 Å². The third kappa shape index (κ3) is 4.40. The largest absolute Gasteiger partial charge is 0.370 e. The maximum atomic E-state index is 13.2. The van der Waals surface area contributed by atoms with Gasteiger partial charge in [-0.05, 0) is 37.5 Å². The van der Waals surface area contributed by atoms with Crippen molar-refractivity contribution >= 4 is 27.3 Å². The van der Waals surface area contributed by atoms with E-state index in [9.17, 15) is 13.2 Å². The summed E-state index contributed by atoms with van der Waals surface area (Å²) in [6.07, 6.45) is 1.29. The number of hydrogen-bond donors (Lipinski definition) is 0. The molecule has 0 aliphatic carbocycles. The van der Waals surface area contributed by atoms with E-state index in [0.717, 1.165) is 16.9 Å². The van der Waals surface area contributed by atoms with Crippen LogP contribution in [-0.4, -0.2) is 56.3 Å². The minimum absolute atomic E-state index is 0.0384. The molecular weight excluding hydrogens is 408 g/mol. The van der Waals surface area contributed by atoms with Gasteiger partial charge in [-0.25, -0.2) is 8.42 Å². The van der Waals surface area contributed by atoms with Crippen LogP contribution in [0.25, 0.3) is 0 Å². The van der Waals surface area contributed by atoms with Gasteiger partial charge in [0.05, 0.1) is 19.1 Å². The van der Waals surface area contributed by atoms with Crippen LogP contribution in [0.5, 0.6) is 0 Å². The second-order valence-electron chi connectivity index (χ2n) is 7.62. The molecular formula is C21H26N2O4S2. The molecule has 2 aromatic rings. The van der Waals surface area contributed by atoms with E-state index in [1.165, 1.54) is 15.6 Å². The van der Waals surface area contributed by atoms with Crippen molar-refractivity contribution in [3.8, 4) is 0 Å². The number of hydrogen-bond acceptors (Lipinski definition) is 5. The van der Waals surface area contributed by atoms with Crippen molar-refractivity contribution in [1.29, 1.82) is 0 Å². The maximum Gasteiger partial charge on any atom is 0.252 e. The van der Waals surface area contributed by atoms with E-state index in [-0.39, 0.29) is 24.5 Å². The van der Waals surface area contributed by atoms with E-state index in [2.05, 4.69) is 0 Å². The molecule has 156 valence electrons. The molecule has 0 spiro atoms. The topological polar surface area (TPSA) is 66.9 Å². The lowest BCUT2D eigenvalue weighted by atomic mass is 9.97. The molecule has 2 fully saturated rings. The van der Waals surface area contributed by atoms with Crippen LogP contribution in [-0.2, 0) is 19.6 Å². The first-order valence-corrected chi connectivity index (χ1v) is 12.2. The van der Waals surface area contributed by atoms with Crippen LogP contribution in [0.2, 0.25) is 0 Å². The highest BCUT2D eigenvalue weighted by molar-refractivity contribution is 7.91. The normalized spacial score (nSPS) is 23.8. The molecule has 1 aromatic carbocycles. The van der Waals surface area contributed by atoms with Crippen molar-refractivity contribution in [2.75, 3.05) is 32.8 Å². The Bertz CT molecular complexity index is 958. The predicted molar refractivity (Wildman–Crippen MR) is 112 cm³/mol. The van der Waals surface area contributed by atoms with Gasteiger partial charge in [0.2, 0.25) is 5.91 Å². The Balaban J connectivity index is 1.44. The lowest BCUT2D eigenvalue weighted by Gasteiger charge is -2.38. The van der Waals surface area contributed by atoms with Gasteiger partial charge in [0.1, 0.15) is 10.3 Å². The Labute approximate surface area is 176 Å². The number of thiophene rings is 1. The van der Waals surface area contributed by atoms with Gasteiger partial charge in [0.15, 0.2) is 0 Å². The molecule has 0 bridgehead atoms. The Kier molecular flexibility index (Phi) is 6.06. The van der Waals surface area contributed by atoms with E-state index in [1.807, 2.05) is 48.2 Å². The monoisotopic (exact) mass is 434 g/mol. The third-order valence-electron chi connectivity index (χ3n) is 5.59. The van der Waals surface area contributed by atoms with Crippen LogP contribution in [0, 0.1) is 12.8 Å². The molecule has 29 heavy (non-hydrogen) atoms. The summed E-state index contributed by atoms with van der Waals surface area (Å²) >= 11 is 1.28. The number of carbonyl (C=O) groups excluding carboxylic acids is 1. The number of morpholine rings is 1. The first-order chi connectivity index (χ1) is 13.9. The first-order valence-electron chi connectivity index (χ1n) is 9.97. The minimum Gasteiger partial charge on any atom is -0.370 e. The van der Waals surface area contributed by atoms with Gasteiger partial charge in [-0.2, -0.15) is 4.31 Å². The molecule has 0 saturated carbocycles. The summed E-state index contributed by atoms with van der Waals surface area (Å²) in [5.41, 5.74) is 1.06. The quantitative estimate of drug-likeness (QED) is 0.742. The highest BCUT2D eigenvalue weighted by atomic mass is 32.2. The van der Waals surface area contributed by atoms with Gasteiger partial charge in [-0.15, -0.1) is 11.3 Å². The van der Waals surface area contributed by atoms with Gasteiger partial charge in [-0.1, -0.05) is 30.3 Å². The zero-order valence-corrected chi connectivity index (χ0v) is 18.1. The van der Waals surface area contributed by atoms with Crippen LogP contribution in [0.1, 0.15) is 29.4 Å². The molecule has 2 saturated heterocycles. The number of carbonyl (C=O) groups is 1. The van der Waals surface area contributed by atoms with Crippen LogP contribution in [0.15, 0.2) is 46.7 Å². The Hall–Kier alpha value is -1.74. The fourth-order valence-corrected chi connectivity index (χ4v) is 6.98. The molecule has 2 aliphatic heterocycles. The zero-order chi connectivity index (χ0) is 20.4. The molecule has 1 aromatic heterocycles. The van der Waals surface area contributed by atoms with Crippen LogP contribution in [0.3, 0.4) is 0 Å². The molecule has 1 amide bonds. The molecule has 0 N–H and O–H groups in total. The SMILES string of the molecule is Cc1ccc(S(=O)(=O)N2CCC[C@H](C(=O)N3CCO[C@@H](c4ccccc4)C3)C2)s1. The predicted octanol–water partition coefficient (Wildman–Crippen LogP) is 3.06. The molecule has 0 radical (unpaired) electrons. The second-order valence-corrected chi connectivity index (χ2v) is 11.1. The number of benzene rings is 1. The van der Waals surface area contributed by atoms with Crippen LogP contribution in [0.4, 0.5) is 0 Å². The van der Waals surface area contributed by atoms with Crippen molar-refractivity contribution < 1.29 is 17.9 Å². The lowest BCUT2D eigenvalue weighted by Crippen LogP contribution is -2.49. The summed E-state index contributed by atoms with van der Waals surface area (Å²) in [5, 5.41) is 0. The summed E-state index contributed by atoms with van der Waals surface area (Å²) in [7, 11) is -3.54. The minimum atomic E-state index is -3.54. The lowest BCUT2D eigenvalue weighted by molar-refractivity contribution is -0.144. The maximum absolute atomic E-state index is 13.2. The highest BCUT2D eigenvalue weighted by Crippen LogP contribution is 2.30. The van der Waals surface area contributed by atoms with Crippen molar-refractivity contribution in [3.63, 3.8) is 0 Å².